The Morgan fingerprint density at radius 1 is 1.18 bits per heavy atom. The number of rotatable bonds is 9. The number of nitrogens with one attached hydrogen (secondary N) is 2. The number of fused-ring (bicyclic) bond motifs is 1. The molecule has 0 spiro atoms. The molecule has 1 saturated carbocycles. The van der Waals surface area contributed by atoms with Crippen LogP contribution < -0.4 is 20.1 Å². The largest absolute Gasteiger partial charge is 0.489 e. The summed E-state index contributed by atoms with van der Waals surface area (Å²) in [5.41, 5.74) is 3.25. The minimum absolute atomic E-state index is 0.00377. The summed E-state index contributed by atoms with van der Waals surface area (Å²) >= 11 is 0. The first-order chi connectivity index (χ1) is 18.3. The van der Waals surface area contributed by atoms with E-state index in [-0.39, 0.29) is 34.8 Å². The molecule has 2 aromatic carbocycles. The highest BCUT2D eigenvalue weighted by molar-refractivity contribution is 6.39. The van der Waals surface area contributed by atoms with E-state index in [2.05, 4.69) is 15.4 Å². The van der Waals surface area contributed by atoms with Crippen LogP contribution in [-0.2, 0) is 22.7 Å². The number of ether oxygens (including phenoxy) is 2. The molecule has 1 saturated heterocycles. The van der Waals surface area contributed by atoms with Crippen LogP contribution in [0.4, 0.5) is 8.78 Å². The Morgan fingerprint density at radius 2 is 2.00 bits per heavy atom. The molecular formula is C27H29F2N3O5Si. The van der Waals surface area contributed by atoms with Gasteiger partial charge in [0.1, 0.15) is 6.04 Å². The first kappa shape index (κ1) is 26.1. The van der Waals surface area contributed by atoms with Gasteiger partial charge in [-0.15, -0.1) is 0 Å². The number of nitrogens with zero attached hydrogens (tertiary/aromatic N) is 1. The second-order valence-corrected chi connectivity index (χ2v) is 11.4. The molecular weight excluding hydrogens is 512 g/mol. The summed E-state index contributed by atoms with van der Waals surface area (Å²) in [6, 6.07) is 10.3. The summed E-state index contributed by atoms with van der Waals surface area (Å²) in [5, 5.41) is 5.71. The standard InChI is InChI=1S/C27H29F2N3O5Si/c1-15(33)32-12-24(18-5-7-22(37-27(28)29)23(9-18)36-13-16-2-3-16)38-14-21(32)26(35)30-10-17-4-6-20-19(8-17)11-31-25(20)34/h4-9,16,21,24,27H,2-3,10-14H2,1H3,(H,30,35)(H,31,34)/t21-,24-/m1/s1. The fourth-order valence-electron chi connectivity index (χ4n) is 4.80. The SMILES string of the molecule is CC(=O)N1C[C@H](c2ccc(OC(F)F)c(OCC3CC3)c2)[Si]C[C@@H]1C(=O)NCc1ccc2c(c1)CNC2=O. The van der Waals surface area contributed by atoms with Gasteiger partial charge in [-0.3, -0.25) is 14.4 Å². The molecule has 1 aliphatic carbocycles. The minimum atomic E-state index is -2.95. The number of carbonyl (C=O) groups is 3. The Labute approximate surface area is 221 Å². The Balaban J connectivity index is 1.24. The van der Waals surface area contributed by atoms with Crippen LogP contribution in [0, 0.1) is 5.92 Å². The molecule has 3 aliphatic rings. The van der Waals surface area contributed by atoms with E-state index in [1.54, 1.807) is 23.1 Å². The van der Waals surface area contributed by atoms with Crippen LogP contribution in [0.3, 0.4) is 0 Å². The summed E-state index contributed by atoms with van der Waals surface area (Å²) in [5.74, 6) is 0.191. The normalized spacial score (nSPS) is 20.6. The van der Waals surface area contributed by atoms with Crippen LogP contribution in [0.5, 0.6) is 11.5 Å². The van der Waals surface area contributed by atoms with E-state index in [4.69, 9.17) is 4.74 Å². The lowest BCUT2D eigenvalue weighted by molar-refractivity contribution is -0.138. The number of halogens is 2. The van der Waals surface area contributed by atoms with Crippen LogP contribution in [0.15, 0.2) is 36.4 Å². The number of hydrogen-bond acceptors (Lipinski definition) is 5. The number of carbonyl (C=O) groups excluding carboxylic acids is 3. The maximum atomic E-state index is 13.1. The summed E-state index contributed by atoms with van der Waals surface area (Å²) < 4.78 is 36.3. The highest BCUT2D eigenvalue weighted by atomic mass is 28.2. The fourth-order valence-corrected chi connectivity index (χ4v) is 6.45. The lowest BCUT2D eigenvalue weighted by Gasteiger charge is -2.38. The van der Waals surface area contributed by atoms with Gasteiger partial charge < -0.3 is 25.0 Å². The van der Waals surface area contributed by atoms with E-state index in [1.807, 2.05) is 12.1 Å². The number of alkyl halides is 2. The lowest BCUT2D eigenvalue weighted by Crippen LogP contribution is -2.54. The highest BCUT2D eigenvalue weighted by Gasteiger charge is 2.36. The average Bonchev–Trinajstić information content (AvgIpc) is 3.67. The zero-order chi connectivity index (χ0) is 26.8. The van der Waals surface area contributed by atoms with E-state index in [1.165, 1.54) is 13.0 Å². The van der Waals surface area contributed by atoms with Crippen molar-refractivity contribution in [2.45, 2.75) is 57.1 Å². The van der Waals surface area contributed by atoms with E-state index < -0.39 is 12.7 Å². The zero-order valence-corrected chi connectivity index (χ0v) is 22.0. The summed E-state index contributed by atoms with van der Waals surface area (Å²) in [7, 11) is 0.349. The van der Waals surface area contributed by atoms with Crippen LogP contribution in [0.2, 0.25) is 6.04 Å². The van der Waals surface area contributed by atoms with E-state index >= 15 is 0 Å². The Kier molecular flexibility index (Phi) is 7.64. The van der Waals surface area contributed by atoms with Crippen LogP contribution in [0.1, 0.15) is 52.4 Å². The first-order valence-corrected chi connectivity index (χ1v) is 14.0. The van der Waals surface area contributed by atoms with Crippen LogP contribution >= 0.6 is 0 Å². The van der Waals surface area contributed by atoms with Gasteiger partial charge >= 0.3 is 6.61 Å². The molecule has 2 atom stereocenters. The number of benzene rings is 2. The van der Waals surface area contributed by atoms with Crippen molar-refractivity contribution < 1.29 is 32.6 Å². The average molecular weight is 542 g/mol. The second kappa shape index (κ2) is 11.1. The lowest BCUT2D eigenvalue weighted by atomic mass is 10.1. The molecule has 5 rings (SSSR count). The molecule has 3 amide bonds. The smallest absolute Gasteiger partial charge is 0.387 e. The molecule has 0 unspecified atom stereocenters. The molecule has 2 radical (unpaired) electrons. The van der Waals surface area contributed by atoms with E-state index in [9.17, 15) is 23.2 Å². The van der Waals surface area contributed by atoms with Gasteiger partial charge in [0, 0.05) is 32.1 Å². The Morgan fingerprint density at radius 3 is 2.74 bits per heavy atom. The van der Waals surface area contributed by atoms with Crippen molar-refractivity contribution in [1.29, 1.82) is 0 Å². The third kappa shape index (κ3) is 5.98. The van der Waals surface area contributed by atoms with Gasteiger partial charge in [-0.1, -0.05) is 18.2 Å². The molecule has 11 heteroatoms. The van der Waals surface area contributed by atoms with Crippen molar-refractivity contribution in [3.8, 4) is 11.5 Å². The van der Waals surface area contributed by atoms with Gasteiger partial charge in [-0.2, -0.15) is 8.78 Å². The molecule has 2 heterocycles. The van der Waals surface area contributed by atoms with Gasteiger partial charge in [0.05, 0.1) is 16.1 Å². The van der Waals surface area contributed by atoms with E-state index in [0.717, 1.165) is 29.5 Å². The fraction of sp³-hybridized carbons (Fsp3) is 0.444. The van der Waals surface area contributed by atoms with Crippen LogP contribution in [-0.4, -0.2) is 57.9 Å². The monoisotopic (exact) mass is 541 g/mol. The van der Waals surface area contributed by atoms with Gasteiger partial charge in [-0.25, -0.2) is 0 Å². The minimum Gasteiger partial charge on any atom is -0.489 e. The topological polar surface area (TPSA) is 97.0 Å². The third-order valence-electron chi connectivity index (χ3n) is 7.10. The van der Waals surface area contributed by atoms with Crippen molar-refractivity contribution in [2.75, 3.05) is 13.2 Å². The van der Waals surface area contributed by atoms with Crippen molar-refractivity contribution in [1.82, 2.24) is 15.5 Å². The van der Waals surface area contributed by atoms with E-state index in [0.29, 0.717) is 53.3 Å². The predicted octanol–water partition coefficient (Wildman–Crippen LogP) is 3.03. The third-order valence-corrected chi connectivity index (χ3v) is 8.73. The van der Waals surface area contributed by atoms with Crippen molar-refractivity contribution >= 4 is 27.2 Å². The molecule has 2 fully saturated rings. The number of hydrogen-bond donors (Lipinski definition) is 2. The second-order valence-electron chi connectivity index (χ2n) is 9.88. The van der Waals surface area contributed by atoms with Gasteiger partial charge in [0.25, 0.3) is 5.91 Å². The Bertz CT molecular complexity index is 1240. The van der Waals surface area contributed by atoms with Gasteiger partial charge in [0.2, 0.25) is 11.8 Å². The molecule has 2 N–H and O–H groups in total. The zero-order valence-electron chi connectivity index (χ0n) is 21.0. The van der Waals surface area contributed by atoms with Gasteiger partial charge in [0.15, 0.2) is 11.5 Å². The van der Waals surface area contributed by atoms with Crippen molar-refractivity contribution in [3.63, 3.8) is 0 Å². The van der Waals surface area contributed by atoms with Crippen molar-refractivity contribution in [2.24, 2.45) is 5.92 Å². The number of amides is 3. The molecule has 200 valence electrons. The summed E-state index contributed by atoms with van der Waals surface area (Å²) in [6.07, 6.45) is 2.13. The molecule has 38 heavy (non-hydrogen) atoms. The molecule has 0 bridgehead atoms. The molecule has 2 aromatic rings. The van der Waals surface area contributed by atoms with Crippen LogP contribution in [0.25, 0.3) is 0 Å². The Hall–Kier alpha value is -3.47. The summed E-state index contributed by atoms with van der Waals surface area (Å²) in [6.45, 7) is 0.0541. The predicted molar refractivity (Wildman–Crippen MR) is 135 cm³/mol. The van der Waals surface area contributed by atoms with Crippen molar-refractivity contribution in [3.05, 3.63) is 58.7 Å². The molecule has 8 nitrogen and oxygen atoms in total. The van der Waals surface area contributed by atoms with Gasteiger partial charge in [-0.05, 0) is 65.2 Å². The molecule has 2 aliphatic heterocycles. The highest BCUT2D eigenvalue weighted by Crippen LogP contribution is 2.36. The maximum absolute atomic E-state index is 13.1. The maximum Gasteiger partial charge on any atom is 0.387 e. The quantitative estimate of drug-likeness (QED) is 0.476. The first-order valence-electron chi connectivity index (χ1n) is 12.7. The molecule has 0 aromatic heterocycles. The summed E-state index contributed by atoms with van der Waals surface area (Å²) in [4.78, 5) is 39.0.